The zero-order chi connectivity index (χ0) is 16.8. The summed E-state index contributed by atoms with van der Waals surface area (Å²) in [5.41, 5.74) is 2.09. The summed E-state index contributed by atoms with van der Waals surface area (Å²) in [4.78, 5) is 16.5. The van der Waals surface area contributed by atoms with Crippen molar-refractivity contribution in [3.8, 4) is 0 Å². The zero-order valence-electron chi connectivity index (χ0n) is 13.2. The number of halogens is 1. The Morgan fingerprint density at radius 2 is 2.25 bits per heavy atom. The minimum absolute atomic E-state index is 0.0141. The number of aromatic nitrogens is 1. The van der Waals surface area contributed by atoms with Gasteiger partial charge in [0, 0.05) is 28.8 Å². The third-order valence-electron chi connectivity index (χ3n) is 3.70. The number of nitrogens with one attached hydrogen (secondary N) is 1. The van der Waals surface area contributed by atoms with Crippen LogP contribution in [0.2, 0.25) is 0 Å². The van der Waals surface area contributed by atoms with Crippen molar-refractivity contribution in [3.63, 3.8) is 0 Å². The lowest BCUT2D eigenvalue weighted by atomic mass is 10.2. The zero-order valence-corrected chi connectivity index (χ0v) is 16.4. The lowest BCUT2D eigenvalue weighted by molar-refractivity contribution is -0.121. The number of thiazole rings is 1. The van der Waals surface area contributed by atoms with Gasteiger partial charge < -0.3 is 10.1 Å². The van der Waals surface area contributed by atoms with Crippen LogP contribution in [-0.2, 0) is 21.7 Å². The molecule has 2 aromatic rings. The molecule has 1 atom stereocenters. The van der Waals surface area contributed by atoms with Gasteiger partial charge in [0.1, 0.15) is 4.34 Å². The predicted molar refractivity (Wildman–Crippen MR) is 102 cm³/mol. The van der Waals surface area contributed by atoms with Crippen LogP contribution >= 0.6 is 39.0 Å². The van der Waals surface area contributed by atoms with Crippen LogP contribution in [0.4, 0.5) is 0 Å². The fourth-order valence-electron chi connectivity index (χ4n) is 2.42. The summed E-state index contributed by atoms with van der Waals surface area (Å²) in [5.74, 6) is 0.895. The van der Waals surface area contributed by atoms with Gasteiger partial charge in [-0.15, -0.1) is 11.3 Å². The number of carbonyl (C=O) groups excluding carboxylic acids is 1. The lowest BCUT2D eigenvalue weighted by Gasteiger charge is -2.09. The highest BCUT2D eigenvalue weighted by Crippen LogP contribution is 2.27. The van der Waals surface area contributed by atoms with Crippen LogP contribution in [0.5, 0.6) is 0 Å². The second kappa shape index (κ2) is 8.99. The van der Waals surface area contributed by atoms with Crippen LogP contribution in [0.25, 0.3) is 0 Å². The van der Waals surface area contributed by atoms with Gasteiger partial charge in [0.25, 0.3) is 0 Å². The topological polar surface area (TPSA) is 51.2 Å². The first-order valence-corrected chi connectivity index (χ1v) is 10.5. The van der Waals surface area contributed by atoms with E-state index in [0.717, 1.165) is 39.7 Å². The van der Waals surface area contributed by atoms with E-state index in [1.807, 2.05) is 17.5 Å². The Kier molecular flexibility index (Phi) is 6.71. The normalized spacial score (nSPS) is 17.1. The van der Waals surface area contributed by atoms with Gasteiger partial charge in [-0.1, -0.05) is 39.8 Å². The molecule has 24 heavy (non-hydrogen) atoms. The largest absolute Gasteiger partial charge is 0.376 e. The molecule has 0 radical (unpaired) electrons. The number of hydrogen-bond donors (Lipinski definition) is 1. The maximum atomic E-state index is 12.0. The van der Waals surface area contributed by atoms with Gasteiger partial charge in [-0.25, -0.2) is 4.98 Å². The van der Waals surface area contributed by atoms with Gasteiger partial charge in [-0.2, -0.15) is 0 Å². The average molecular weight is 427 g/mol. The molecule has 1 aromatic carbocycles. The molecule has 0 saturated carbocycles. The molecule has 1 fully saturated rings. The number of amides is 1. The van der Waals surface area contributed by atoms with Crippen LogP contribution in [-0.4, -0.2) is 30.1 Å². The van der Waals surface area contributed by atoms with E-state index in [1.165, 1.54) is 5.56 Å². The van der Waals surface area contributed by atoms with Crippen LogP contribution in [0.15, 0.2) is 38.5 Å². The monoisotopic (exact) mass is 426 g/mol. The highest BCUT2D eigenvalue weighted by atomic mass is 79.9. The number of ether oxygens (including phenoxy) is 1. The van der Waals surface area contributed by atoms with Gasteiger partial charge in [-0.05, 0) is 30.5 Å². The molecule has 1 saturated heterocycles. The fraction of sp³-hybridized carbons (Fsp3) is 0.412. The molecule has 1 unspecified atom stereocenters. The van der Waals surface area contributed by atoms with Crippen molar-refractivity contribution >= 4 is 44.9 Å². The minimum atomic E-state index is 0.0141. The summed E-state index contributed by atoms with van der Waals surface area (Å²) in [6, 6.07) is 8.29. The third kappa shape index (κ3) is 5.58. The van der Waals surface area contributed by atoms with Gasteiger partial charge in [0.2, 0.25) is 5.91 Å². The number of carbonyl (C=O) groups is 1. The quantitative estimate of drug-likeness (QED) is 0.678. The molecule has 0 bridgehead atoms. The number of thioether (sulfide) groups is 1. The molecule has 1 aliphatic rings. The summed E-state index contributed by atoms with van der Waals surface area (Å²) in [6.45, 7) is 1.42. The summed E-state index contributed by atoms with van der Waals surface area (Å²) in [7, 11) is 0. The van der Waals surface area contributed by atoms with E-state index in [4.69, 9.17) is 4.74 Å². The average Bonchev–Trinajstić information content (AvgIpc) is 3.24. The molecule has 2 heterocycles. The first-order chi connectivity index (χ1) is 11.7. The number of nitrogens with zero attached hydrogens (tertiary/aromatic N) is 1. The van der Waals surface area contributed by atoms with E-state index in [-0.39, 0.29) is 12.0 Å². The number of rotatable bonds is 7. The Labute approximate surface area is 158 Å². The van der Waals surface area contributed by atoms with E-state index in [0.29, 0.717) is 13.0 Å². The Hall–Kier alpha value is -0.890. The van der Waals surface area contributed by atoms with Crippen LogP contribution in [0, 0.1) is 0 Å². The maximum Gasteiger partial charge on any atom is 0.226 e. The molecule has 7 heteroatoms. The Morgan fingerprint density at radius 1 is 1.42 bits per heavy atom. The summed E-state index contributed by atoms with van der Waals surface area (Å²) in [5, 5.41) is 4.90. The highest BCUT2D eigenvalue weighted by molar-refractivity contribution is 9.10. The van der Waals surface area contributed by atoms with Crippen LogP contribution < -0.4 is 5.32 Å². The van der Waals surface area contributed by atoms with Crippen LogP contribution in [0.1, 0.15) is 24.1 Å². The van der Waals surface area contributed by atoms with E-state index in [2.05, 4.69) is 38.4 Å². The minimum Gasteiger partial charge on any atom is -0.376 e. The van der Waals surface area contributed by atoms with E-state index in [9.17, 15) is 4.79 Å². The SMILES string of the molecule is O=C(Cc1csc(SCc2ccc(Br)cc2)n1)NCC1CCCO1. The Balaban J connectivity index is 1.42. The molecule has 1 amide bonds. The van der Waals surface area contributed by atoms with E-state index < -0.39 is 0 Å². The van der Waals surface area contributed by atoms with Crippen molar-refractivity contribution in [2.24, 2.45) is 0 Å². The van der Waals surface area contributed by atoms with Gasteiger partial charge >= 0.3 is 0 Å². The molecule has 3 rings (SSSR count). The van der Waals surface area contributed by atoms with Crippen molar-refractivity contribution in [2.45, 2.75) is 35.5 Å². The van der Waals surface area contributed by atoms with Crippen LogP contribution in [0.3, 0.4) is 0 Å². The predicted octanol–water partition coefficient (Wildman–Crippen LogP) is 4.04. The van der Waals surface area contributed by atoms with Crippen molar-refractivity contribution < 1.29 is 9.53 Å². The van der Waals surface area contributed by atoms with E-state index in [1.54, 1.807) is 23.1 Å². The third-order valence-corrected chi connectivity index (χ3v) is 6.37. The smallest absolute Gasteiger partial charge is 0.226 e. The Morgan fingerprint density at radius 3 is 3.00 bits per heavy atom. The Bertz CT molecular complexity index is 669. The molecule has 1 N–H and O–H groups in total. The van der Waals surface area contributed by atoms with Gasteiger partial charge in [0.15, 0.2) is 0 Å². The highest BCUT2D eigenvalue weighted by Gasteiger charge is 2.16. The van der Waals surface area contributed by atoms with Crippen molar-refractivity contribution in [1.82, 2.24) is 10.3 Å². The van der Waals surface area contributed by atoms with Gasteiger partial charge in [-0.3, -0.25) is 4.79 Å². The molecular weight excluding hydrogens is 408 g/mol. The van der Waals surface area contributed by atoms with E-state index >= 15 is 0 Å². The summed E-state index contributed by atoms with van der Waals surface area (Å²) >= 11 is 6.74. The lowest BCUT2D eigenvalue weighted by Crippen LogP contribution is -2.32. The van der Waals surface area contributed by atoms with Gasteiger partial charge in [0.05, 0.1) is 18.2 Å². The second-order valence-corrected chi connectivity index (χ2v) is 8.63. The number of benzene rings is 1. The summed E-state index contributed by atoms with van der Waals surface area (Å²) in [6.07, 6.45) is 2.64. The molecule has 1 aliphatic heterocycles. The second-order valence-electron chi connectivity index (χ2n) is 5.64. The van der Waals surface area contributed by atoms with Crippen molar-refractivity contribution in [1.29, 1.82) is 0 Å². The van der Waals surface area contributed by atoms with Crippen molar-refractivity contribution in [2.75, 3.05) is 13.2 Å². The molecule has 4 nitrogen and oxygen atoms in total. The standard InChI is InChI=1S/C17H19BrN2O2S2/c18-13-5-3-12(4-6-13)10-23-17-20-14(11-24-17)8-16(21)19-9-15-2-1-7-22-15/h3-6,11,15H,1-2,7-10H2,(H,19,21). The van der Waals surface area contributed by atoms with Crippen molar-refractivity contribution in [3.05, 3.63) is 45.4 Å². The molecule has 0 spiro atoms. The molecule has 0 aliphatic carbocycles. The first-order valence-electron chi connectivity index (χ1n) is 7.89. The molecule has 1 aromatic heterocycles. The maximum absolute atomic E-state index is 12.0. The fourth-order valence-corrected chi connectivity index (χ4v) is 4.49. The summed E-state index contributed by atoms with van der Waals surface area (Å²) < 4.78 is 7.59. The molecule has 128 valence electrons. The first kappa shape index (κ1) is 17.9. The molecular formula is C17H19BrN2O2S2. The number of hydrogen-bond acceptors (Lipinski definition) is 5.